The Labute approximate surface area is 114 Å². The lowest BCUT2D eigenvalue weighted by atomic mass is 10.1. The van der Waals surface area contributed by atoms with E-state index in [4.69, 9.17) is 0 Å². The van der Waals surface area contributed by atoms with Crippen LogP contribution in [-0.4, -0.2) is 49.3 Å². The Morgan fingerprint density at radius 1 is 1.42 bits per heavy atom. The Bertz CT molecular complexity index is 538. The van der Waals surface area contributed by atoms with Gasteiger partial charge in [-0.2, -0.15) is 5.10 Å². The first-order valence-electron chi connectivity index (χ1n) is 6.54. The minimum absolute atomic E-state index is 0.0302. The molecule has 1 aromatic rings. The molecule has 1 aliphatic heterocycles. The number of hydrogen-bond acceptors (Lipinski definition) is 4. The molecule has 1 aromatic heterocycles. The molecule has 6 nitrogen and oxygen atoms in total. The van der Waals surface area contributed by atoms with Gasteiger partial charge in [0.1, 0.15) is 4.90 Å². The molecular weight excluding hydrogens is 264 g/mol. The molecule has 19 heavy (non-hydrogen) atoms. The Hall–Kier alpha value is -0.920. The van der Waals surface area contributed by atoms with E-state index in [0.717, 1.165) is 13.1 Å². The molecular formula is C12H22N4O2S. The fraction of sp³-hybridized carbons (Fsp3) is 0.750. The van der Waals surface area contributed by atoms with Gasteiger partial charge >= 0.3 is 0 Å². The predicted octanol–water partition coefficient (Wildman–Crippen LogP) is 0.692. The summed E-state index contributed by atoms with van der Waals surface area (Å²) in [6.07, 6.45) is 2.99. The van der Waals surface area contributed by atoms with E-state index in [1.807, 2.05) is 20.9 Å². The third kappa shape index (κ3) is 3.16. The molecule has 1 N–H and O–H groups in total. The van der Waals surface area contributed by atoms with Crippen molar-refractivity contribution < 1.29 is 8.42 Å². The van der Waals surface area contributed by atoms with E-state index in [0.29, 0.717) is 5.92 Å². The molecule has 0 bridgehead atoms. The van der Waals surface area contributed by atoms with Crippen molar-refractivity contribution in [1.82, 2.24) is 19.4 Å². The van der Waals surface area contributed by atoms with Gasteiger partial charge in [0.05, 0.1) is 6.20 Å². The fourth-order valence-electron chi connectivity index (χ4n) is 2.37. The summed E-state index contributed by atoms with van der Waals surface area (Å²) >= 11 is 0. The van der Waals surface area contributed by atoms with Crippen molar-refractivity contribution in [3.8, 4) is 0 Å². The van der Waals surface area contributed by atoms with Crippen LogP contribution in [0.25, 0.3) is 0 Å². The van der Waals surface area contributed by atoms with Crippen molar-refractivity contribution in [3.05, 3.63) is 12.4 Å². The molecule has 0 amide bonds. The summed E-state index contributed by atoms with van der Waals surface area (Å²) in [5, 5.41) is 4.08. The molecule has 0 aliphatic carbocycles. The summed E-state index contributed by atoms with van der Waals surface area (Å²) < 4.78 is 29.0. The van der Waals surface area contributed by atoms with Crippen LogP contribution in [0.4, 0.5) is 0 Å². The maximum Gasteiger partial charge on any atom is 0.243 e. The molecule has 1 fully saturated rings. The molecule has 108 valence electrons. The van der Waals surface area contributed by atoms with Crippen molar-refractivity contribution >= 4 is 10.0 Å². The van der Waals surface area contributed by atoms with E-state index in [1.165, 1.54) is 6.20 Å². The second-order valence-electron chi connectivity index (χ2n) is 5.68. The number of sulfonamides is 1. The molecule has 0 unspecified atom stereocenters. The second-order valence-corrected chi connectivity index (χ2v) is 7.39. The number of rotatable bonds is 4. The predicted molar refractivity (Wildman–Crippen MR) is 73.4 cm³/mol. The van der Waals surface area contributed by atoms with E-state index >= 15 is 0 Å². The van der Waals surface area contributed by atoms with Gasteiger partial charge in [-0.3, -0.25) is 4.68 Å². The highest BCUT2D eigenvalue weighted by Gasteiger charge is 2.31. The van der Waals surface area contributed by atoms with Gasteiger partial charge in [-0.05, 0) is 26.8 Å². The highest BCUT2D eigenvalue weighted by Crippen LogP contribution is 2.18. The largest absolute Gasteiger partial charge is 0.304 e. The maximum absolute atomic E-state index is 12.3. The number of hydrogen-bond donors (Lipinski definition) is 1. The Morgan fingerprint density at radius 3 is 2.58 bits per heavy atom. The van der Waals surface area contributed by atoms with E-state index in [1.54, 1.807) is 10.9 Å². The quantitative estimate of drug-likeness (QED) is 0.884. The first-order chi connectivity index (χ1) is 8.79. The molecule has 1 saturated heterocycles. The van der Waals surface area contributed by atoms with Crippen LogP contribution in [0.15, 0.2) is 17.3 Å². The average Bonchev–Trinajstić information content (AvgIpc) is 2.86. The summed E-state index contributed by atoms with van der Waals surface area (Å²) in [5.74, 6) is 0.319. The Morgan fingerprint density at radius 2 is 2.11 bits per heavy atom. The lowest BCUT2D eigenvalue weighted by molar-refractivity contribution is 0.400. The van der Waals surface area contributed by atoms with E-state index in [-0.39, 0.29) is 17.0 Å². The van der Waals surface area contributed by atoms with Gasteiger partial charge in [-0.15, -0.1) is 0 Å². The molecule has 0 aromatic carbocycles. The summed E-state index contributed by atoms with van der Waals surface area (Å²) in [7, 11) is -1.47. The van der Waals surface area contributed by atoms with E-state index in [9.17, 15) is 8.42 Å². The van der Waals surface area contributed by atoms with Crippen LogP contribution >= 0.6 is 0 Å². The Kier molecular flexibility index (Phi) is 3.98. The second kappa shape index (κ2) is 5.22. The van der Waals surface area contributed by atoms with Crippen LogP contribution in [0, 0.1) is 5.92 Å². The smallest absolute Gasteiger partial charge is 0.243 e. The Balaban J connectivity index is 2.13. The average molecular weight is 286 g/mol. The zero-order valence-electron chi connectivity index (χ0n) is 11.9. The lowest BCUT2D eigenvalue weighted by Crippen LogP contribution is -2.39. The third-order valence-corrected chi connectivity index (χ3v) is 4.96. The van der Waals surface area contributed by atoms with Crippen LogP contribution in [0.5, 0.6) is 0 Å². The summed E-state index contributed by atoms with van der Waals surface area (Å²) in [5.41, 5.74) is 0. The summed E-state index contributed by atoms with van der Waals surface area (Å²) in [6.45, 7) is 7.65. The summed E-state index contributed by atoms with van der Waals surface area (Å²) in [4.78, 5) is 2.37. The fourth-order valence-corrected chi connectivity index (χ4v) is 3.65. The normalized spacial score (nSPS) is 25.3. The zero-order chi connectivity index (χ0) is 14.2. The highest BCUT2D eigenvalue weighted by atomic mass is 32.2. The molecule has 1 aliphatic rings. The van der Waals surface area contributed by atoms with Gasteiger partial charge in [-0.25, -0.2) is 13.1 Å². The third-order valence-electron chi connectivity index (χ3n) is 3.52. The maximum atomic E-state index is 12.3. The van der Waals surface area contributed by atoms with Crippen LogP contribution < -0.4 is 4.72 Å². The first kappa shape index (κ1) is 14.5. The molecule has 2 atom stereocenters. The standard InChI is InChI=1S/C12H22N4O2S/c1-9(2)16-7-11(5-13-16)19(17,18)14-12-8-15(4)6-10(12)3/h5,7,9-10,12,14H,6,8H2,1-4H3/t10-,12+/m0/s1. The minimum Gasteiger partial charge on any atom is -0.304 e. The van der Waals surface area contributed by atoms with Crippen LogP contribution in [0.1, 0.15) is 26.8 Å². The van der Waals surface area contributed by atoms with Crippen molar-refractivity contribution in [2.75, 3.05) is 20.1 Å². The molecule has 7 heteroatoms. The van der Waals surface area contributed by atoms with E-state index in [2.05, 4.69) is 21.6 Å². The number of likely N-dealkylation sites (N-methyl/N-ethyl adjacent to an activating group) is 1. The molecule has 0 spiro atoms. The van der Waals surface area contributed by atoms with Crippen LogP contribution in [-0.2, 0) is 10.0 Å². The van der Waals surface area contributed by atoms with Gasteiger partial charge in [0.15, 0.2) is 0 Å². The molecule has 2 rings (SSSR count). The van der Waals surface area contributed by atoms with E-state index < -0.39 is 10.0 Å². The van der Waals surface area contributed by atoms with Gasteiger partial charge < -0.3 is 4.90 Å². The first-order valence-corrected chi connectivity index (χ1v) is 8.03. The molecule has 0 radical (unpaired) electrons. The van der Waals surface area contributed by atoms with Crippen molar-refractivity contribution in [1.29, 1.82) is 0 Å². The SMILES string of the molecule is CC(C)n1cc(S(=O)(=O)N[C@@H]2CN(C)C[C@@H]2C)cn1. The highest BCUT2D eigenvalue weighted by molar-refractivity contribution is 7.89. The minimum atomic E-state index is -3.47. The van der Waals surface area contributed by atoms with Gasteiger partial charge in [0, 0.05) is 31.4 Å². The van der Waals surface area contributed by atoms with Crippen molar-refractivity contribution in [2.45, 2.75) is 37.8 Å². The zero-order valence-corrected chi connectivity index (χ0v) is 12.7. The molecule has 2 heterocycles. The van der Waals surface area contributed by atoms with Crippen LogP contribution in [0.3, 0.4) is 0 Å². The number of nitrogens with one attached hydrogen (secondary N) is 1. The van der Waals surface area contributed by atoms with Gasteiger partial charge in [-0.1, -0.05) is 6.92 Å². The number of nitrogens with zero attached hydrogens (tertiary/aromatic N) is 3. The number of likely N-dealkylation sites (tertiary alicyclic amines) is 1. The van der Waals surface area contributed by atoms with Gasteiger partial charge in [0.2, 0.25) is 10.0 Å². The topological polar surface area (TPSA) is 67.2 Å². The van der Waals surface area contributed by atoms with Crippen molar-refractivity contribution in [3.63, 3.8) is 0 Å². The van der Waals surface area contributed by atoms with Crippen LogP contribution in [0.2, 0.25) is 0 Å². The summed E-state index contributed by atoms with van der Waals surface area (Å²) in [6, 6.07) is 0.123. The van der Waals surface area contributed by atoms with Gasteiger partial charge in [0.25, 0.3) is 0 Å². The monoisotopic (exact) mass is 286 g/mol. The van der Waals surface area contributed by atoms with Crippen molar-refractivity contribution in [2.24, 2.45) is 5.92 Å². The molecule has 0 saturated carbocycles. The lowest BCUT2D eigenvalue weighted by Gasteiger charge is -2.15. The number of aromatic nitrogens is 2.